The summed E-state index contributed by atoms with van der Waals surface area (Å²) in [5, 5.41) is 16.3. The highest BCUT2D eigenvalue weighted by atomic mass is 35.5. The minimum atomic E-state index is -1.25. The lowest BCUT2D eigenvalue weighted by Gasteiger charge is -2.33. The second-order valence-corrected chi connectivity index (χ2v) is 10.1. The number of carbonyl (C=O) groups excluding carboxylic acids is 1. The third-order valence-corrected chi connectivity index (χ3v) is 6.55. The van der Waals surface area contributed by atoms with Gasteiger partial charge in [-0.2, -0.15) is 5.10 Å². The summed E-state index contributed by atoms with van der Waals surface area (Å²) in [6.45, 7) is 5.39. The second kappa shape index (κ2) is 13.1. The second-order valence-electron chi connectivity index (χ2n) is 9.70. The van der Waals surface area contributed by atoms with Crippen LogP contribution >= 0.6 is 11.6 Å². The molecule has 0 aliphatic carbocycles. The van der Waals surface area contributed by atoms with Gasteiger partial charge in [0.2, 0.25) is 5.91 Å². The standard InChI is InChI=1S/C28H35ClN4O5/c1-22-3-7-26(8-4-22)38-21-28(35)19-31(11-12-32(20-28)27(34)18-36-2)16-23-5-9-25(10-6-23)37-14-13-33-17-24(29)15-30-33/h3-10,15,17,35H,11-14,16,18-21H2,1-2H3/t28-/m0/s1. The quantitative estimate of drug-likeness (QED) is 0.398. The molecule has 10 heteroatoms. The molecule has 4 rings (SSSR count). The minimum absolute atomic E-state index is 0.0240. The Bertz CT molecular complexity index is 1170. The van der Waals surface area contributed by atoms with Gasteiger partial charge >= 0.3 is 0 Å². The maximum atomic E-state index is 12.6. The summed E-state index contributed by atoms with van der Waals surface area (Å²) in [6, 6.07) is 15.6. The van der Waals surface area contributed by atoms with Crippen LogP contribution in [0.3, 0.4) is 0 Å². The Hall–Kier alpha value is -3.11. The number of hydrogen-bond donors (Lipinski definition) is 1. The molecule has 1 aromatic heterocycles. The van der Waals surface area contributed by atoms with Crippen molar-refractivity contribution in [1.29, 1.82) is 0 Å². The Balaban J connectivity index is 1.37. The molecule has 3 aromatic rings. The van der Waals surface area contributed by atoms with E-state index in [0.29, 0.717) is 50.1 Å². The fourth-order valence-electron chi connectivity index (χ4n) is 4.41. The molecule has 1 atom stereocenters. The zero-order chi connectivity index (χ0) is 27.0. The third kappa shape index (κ3) is 8.19. The van der Waals surface area contributed by atoms with Crippen molar-refractivity contribution in [1.82, 2.24) is 19.6 Å². The van der Waals surface area contributed by atoms with Crippen LogP contribution in [0.5, 0.6) is 11.5 Å². The first-order valence-electron chi connectivity index (χ1n) is 12.6. The number of nitrogens with zero attached hydrogens (tertiary/aromatic N) is 4. The summed E-state index contributed by atoms with van der Waals surface area (Å²) in [4.78, 5) is 16.4. The van der Waals surface area contributed by atoms with E-state index in [9.17, 15) is 9.90 Å². The first kappa shape index (κ1) is 27.9. The average molecular weight is 543 g/mol. The maximum absolute atomic E-state index is 12.6. The number of hydrogen-bond acceptors (Lipinski definition) is 7. The van der Waals surface area contributed by atoms with Crippen LogP contribution in [0.25, 0.3) is 0 Å². The molecule has 1 amide bonds. The number of aryl methyl sites for hydroxylation is 1. The van der Waals surface area contributed by atoms with Crippen molar-refractivity contribution in [2.75, 3.05) is 53.1 Å². The highest BCUT2D eigenvalue weighted by Gasteiger charge is 2.37. The average Bonchev–Trinajstić information content (AvgIpc) is 3.23. The molecule has 1 aliphatic rings. The van der Waals surface area contributed by atoms with E-state index in [1.54, 1.807) is 22.0 Å². The lowest BCUT2D eigenvalue weighted by molar-refractivity contribution is -0.138. The van der Waals surface area contributed by atoms with Crippen molar-refractivity contribution in [2.45, 2.75) is 25.6 Å². The third-order valence-electron chi connectivity index (χ3n) is 6.36. The van der Waals surface area contributed by atoms with Gasteiger partial charge in [-0.05, 0) is 36.8 Å². The summed E-state index contributed by atoms with van der Waals surface area (Å²) in [6.07, 6.45) is 3.35. The molecular weight excluding hydrogens is 508 g/mol. The molecule has 2 aromatic carbocycles. The van der Waals surface area contributed by atoms with Crippen molar-refractivity contribution in [3.05, 3.63) is 77.1 Å². The molecular formula is C28H35ClN4O5. The molecule has 1 saturated heterocycles. The van der Waals surface area contributed by atoms with Crippen LogP contribution in [0, 0.1) is 6.92 Å². The Morgan fingerprint density at radius 2 is 1.76 bits per heavy atom. The van der Waals surface area contributed by atoms with Gasteiger partial charge in [-0.1, -0.05) is 41.4 Å². The molecule has 0 radical (unpaired) electrons. The van der Waals surface area contributed by atoms with Crippen LogP contribution in [0.4, 0.5) is 0 Å². The summed E-state index contributed by atoms with van der Waals surface area (Å²) in [7, 11) is 1.50. The number of methoxy groups -OCH3 is 1. The van der Waals surface area contributed by atoms with Gasteiger partial charge in [0.1, 0.15) is 36.9 Å². The molecule has 2 heterocycles. The number of aromatic nitrogens is 2. The number of carbonyl (C=O) groups is 1. The van der Waals surface area contributed by atoms with Gasteiger partial charge in [-0.3, -0.25) is 14.4 Å². The maximum Gasteiger partial charge on any atom is 0.248 e. The molecule has 1 aliphatic heterocycles. The zero-order valence-corrected chi connectivity index (χ0v) is 22.6. The fourth-order valence-corrected chi connectivity index (χ4v) is 4.57. The fraction of sp³-hybridized carbons (Fsp3) is 0.429. The molecule has 0 spiro atoms. The van der Waals surface area contributed by atoms with Crippen LogP contribution in [-0.2, 0) is 22.6 Å². The number of rotatable bonds is 11. The van der Waals surface area contributed by atoms with Crippen LogP contribution < -0.4 is 9.47 Å². The molecule has 0 bridgehead atoms. The first-order valence-corrected chi connectivity index (χ1v) is 13.0. The van der Waals surface area contributed by atoms with Gasteiger partial charge in [0.05, 0.1) is 24.3 Å². The minimum Gasteiger partial charge on any atom is -0.492 e. The van der Waals surface area contributed by atoms with Crippen LogP contribution in [-0.4, -0.2) is 89.3 Å². The van der Waals surface area contributed by atoms with Crippen LogP contribution in [0.15, 0.2) is 60.9 Å². The van der Waals surface area contributed by atoms with Crippen molar-refractivity contribution in [3.63, 3.8) is 0 Å². The van der Waals surface area contributed by atoms with E-state index in [1.165, 1.54) is 7.11 Å². The zero-order valence-electron chi connectivity index (χ0n) is 21.9. The Kier molecular flexibility index (Phi) is 9.63. The van der Waals surface area contributed by atoms with Gasteiger partial charge in [0.25, 0.3) is 0 Å². The van der Waals surface area contributed by atoms with Crippen molar-refractivity contribution in [3.8, 4) is 11.5 Å². The van der Waals surface area contributed by atoms with Crippen molar-refractivity contribution >= 4 is 17.5 Å². The number of amides is 1. The number of halogens is 1. The Morgan fingerprint density at radius 3 is 2.45 bits per heavy atom. The molecule has 0 saturated carbocycles. The van der Waals surface area contributed by atoms with E-state index < -0.39 is 5.60 Å². The monoisotopic (exact) mass is 542 g/mol. The van der Waals surface area contributed by atoms with Gasteiger partial charge < -0.3 is 24.2 Å². The molecule has 0 unspecified atom stereocenters. The molecule has 38 heavy (non-hydrogen) atoms. The largest absolute Gasteiger partial charge is 0.492 e. The summed E-state index contributed by atoms with van der Waals surface area (Å²) in [5.74, 6) is 1.30. The number of benzene rings is 2. The van der Waals surface area contributed by atoms with E-state index >= 15 is 0 Å². The van der Waals surface area contributed by atoms with Crippen molar-refractivity contribution < 1.29 is 24.1 Å². The van der Waals surface area contributed by atoms with E-state index in [-0.39, 0.29) is 25.7 Å². The van der Waals surface area contributed by atoms with Gasteiger partial charge in [-0.25, -0.2) is 0 Å². The summed E-state index contributed by atoms with van der Waals surface area (Å²) < 4.78 is 18.6. The molecule has 1 N–H and O–H groups in total. The van der Waals surface area contributed by atoms with E-state index in [1.807, 2.05) is 55.5 Å². The van der Waals surface area contributed by atoms with Gasteiger partial charge in [-0.15, -0.1) is 0 Å². The summed E-state index contributed by atoms with van der Waals surface area (Å²) in [5.41, 5.74) is 0.963. The highest BCUT2D eigenvalue weighted by Crippen LogP contribution is 2.21. The smallest absolute Gasteiger partial charge is 0.248 e. The predicted molar refractivity (Wildman–Crippen MR) is 145 cm³/mol. The lowest BCUT2D eigenvalue weighted by atomic mass is 10.0. The predicted octanol–water partition coefficient (Wildman–Crippen LogP) is 3.02. The van der Waals surface area contributed by atoms with Crippen LogP contribution in [0.1, 0.15) is 11.1 Å². The Labute approximate surface area is 228 Å². The Morgan fingerprint density at radius 1 is 1.05 bits per heavy atom. The first-order chi connectivity index (χ1) is 18.3. The van der Waals surface area contributed by atoms with Gasteiger partial charge in [0.15, 0.2) is 0 Å². The summed E-state index contributed by atoms with van der Waals surface area (Å²) >= 11 is 5.89. The van der Waals surface area contributed by atoms with Gasteiger partial charge in [0, 0.05) is 39.5 Å². The van der Waals surface area contributed by atoms with E-state index in [0.717, 1.165) is 16.9 Å². The van der Waals surface area contributed by atoms with E-state index in [2.05, 4.69) is 10.00 Å². The number of β-amino-alcohol motifs (C(OH)–C–C–N with tert-alkyl or cyclic N) is 1. The van der Waals surface area contributed by atoms with E-state index in [4.69, 9.17) is 25.8 Å². The highest BCUT2D eigenvalue weighted by molar-refractivity contribution is 6.30. The molecule has 1 fully saturated rings. The molecule has 204 valence electrons. The SMILES string of the molecule is COCC(=O)N1CCN(Cc2ccc(OCCn3cc(Cl)cn3)cc2)C[C@@](O)(COc2ccc(C)cc2)C1. The van der Waals surface area contributed by atoms with Crippen LogP contribution in [0.2, 0.25) is 5.02 Å². The number of ether oxygens (including phenoxy) is 3. The lowest BCUT2D eigenvalue weighted by Crippen LogP contribution is -2.52. The normalized spacial score (nSPS) is 18.3. The topological polar surface area (TPSA) is 89.3 Å². The van der Waals surface area contributed by atoms with Crippen molar-refractivity contribution in [2.24, 2.45) is 0 Å². The number of aliphatic hydroxyl groups is 1. The molecule has 9 nitrogen and oxygen atoms in total.